The normalized spacial score (nSPS) is 17.8. The predicted molar refractivity (Wildman–Crippen MR) is 114 cm³/mol. The van der Waals surface area contributed by atoms with Gasteiger partial charge in [0.25, 0.3) is 5.91 Å². The number of likely N-dealkylation sites (tertiary alicyclic amines) is 1. The quantitative estimate of drug-likeness (QED) is 0.686. The van der Waals surface area contributed by atoms with Crippen LogP contribution >= 0.6 is 0 Å². The lowest BCUT2D eigenvalue weighted by Gasteiger charge is -2.34. The predicted octanol–water partition coefficient (Wildman–Crippen LogP) is 3.64. The summed E-state index contributed by atoms with van der Waals surface area (Å²) in [5.41, 5.74) is 1.39. The number of unbranched alkanes of at least 4 members (excludes halogenated alkanes) is 1. The Morgan fingerprint density at radius 2 is 1.75 bits per heavy atom. The molecule has 1 aromatic carbocycles. The second-order valence-electron chi connectivity index (χ2n) is 8.54. The molecule has 1 saturated heterocycles. The fraction of sp³-hybridized carbons (Fsp3) is 0.652. The first-order valence-corrected chi connectivity index (χ1v) is 10.9. The van der Waals surface area contributed by atoms with Crippen molar-refractivity contribution in [3.63, 3.8) is 0 Å². The molecule has 1 heterocycles. The third kappa shape index (κ3) is 5.13. The van der Waals surface area contributed by atoms with Crippen molar-refractivity contribution < 1.29 is 9.59 Å². The minimum Gasteiger partial charge on any atom is -0.339 e. The average Bonchev–Trinajstić information content (AvgIpc) is 3.56. The molecular weight excluding hydrogens is 350 g/mol. The van der Waals surface area contributed by atoms with Crippen LogP contribution in [0.3, 0.4) is 0 Å². The van der Waals surface area contributed by atoms with Gasteiger partial charge in [0, 0.05) is 32.6 Å². The van der Waals surface area contributed by atoms with Crippen molar-refractivity contribution in [3.05, 3.63) is 29.8 Å². The van der Waals surface area contributed by atoms with Crippen molar-refractivity contribution in [1.82, 2.24) is 9.80 Å². The Morgan fingerprint density at radius 3 is 2.39 bits per heavy atom. The minimum absolute atomic E-state index is 0.0591. The molecule has 2 amide bonds. The van der Waals surface area contributed by atoms with Gasteiger partial charge >= 0.3 is 0 Å². The van der Waals surface area contributed by atoms with E-state index in [0.29, 0.717) is 11.5 Å². The fourth-order valence-electron chi connectivity index (χ4n) is 4.12. The van der Waals surface area contributed by atoms with E-state index in [-0.39, 0.29) is 17.7 Å². The van der Waals surface area contributed by atoms with Crippen molar-refractivity contribution in [1.29, 1.82) is 0 Å². The van der Waals surface area contributed by atoms with Gasteiger partial charge in [-0.2, -0.15) is 0 Å². The minimum atomic E-state index is 0.0591. The molecule has 5 heteroatoms. The highest BCUT2D eigenvalue weighted by Gasteiger charge is 2.34. The molecule has 1 aliphatic heterocycles. The standard InChI is InChI=1S/C23H35N3O2/c1-4-5-14-24(2)17-18-12-15-26(16-13-18)23(28)20-8-6-7-9-21(20)25(3)22(27)19-10-11-19/h6-9,18-19H,4-5,10-17H2,1-3H3. The van der Waals surface area contributed by atoms with Crippen LogP contribution in [0.2, 0.25) is 0 Å². The van der Waals surface area contributed by atoms with Gasteiger partial charge in [-0.15, -0.1) is 0 Å². The number of para-hydroxylation sites is 1. The number of hydrogen-bond donors (Lipinski definition) is 0. The highest BCUT2D eigenvalue weighted by atomic mass is 16.2. The first kappa shape index (κ1) is 20.8. The molecule has 0 unspecified atom stereocenters. The molecule has 0 aromatic heterocycles. The first-order chi connectivity index (χ1) is 13.5. The third-order valence-corrected chi connectivity index (χ3v) is 6.12. The molecule has 3 rings (SSSR count). The van der Waals surface area contributed by atoms with Crippen LogP contribution in [0.4, 0.5) is 5.69 Å². The number of carbonyl (C=O) groups excluding carboxylic acids is 2. The highest BCUT2D eigenvalue weighted by Crippen LogP contribution is 2.33. The molecule has 28 heavy (non-hydrogen) atoms. The number of hydrogen-bond acceptors (Lipinski definition) is 3. The maximum absolute atomic E-state index is 13.2. The molecule has 0 atom stereocenters. The summed E-state index contributed by atoms with van der Waals surface area (Å²) in [5, 5.41) is 0. The fourth-order valence-corrected chi connectivity index (χ4v) is 4.12. The van der Waals surface area contributed by atoms with Gasteiger partial charge in [0.2, 0.25) is 5.91 Å². The summed E-state index contributed by atoms with van der Waals surface area (Å²) < 4.78 is 0. The smallest absolute Gasteiger partial charge is 0.255 e. The zero-order chi connectivity index (χ0) is 20.1. The zero-order valence-electron chi connectivity index (χ0n) is 17.7. The Balaban J connectivity index is 1.59. The largest absolute Gasteiger partial charge is 0.339 e. The van der Waals surface area contributed by atoms with E-state index in [9.17, 15) is 9.59 Å². The van der Waals surface area contributed by atoms with E-state index < -0.39 is 0 Å². The second kappa shape index (κ2) is 9.55. The monoisotopic (exact) mass is 385 g/mol. The molecule has 2 aliphatic rings. The van der Waals surface area contributed by atoms with Crippen molar-refractivity contribution in [2.24, 2.45) is 11.8 Å². The van der Waals surface area contributed by atoms with Crippen molar-refractivity contribution in [2.75, 3.05) is 45.2 Å². The second-order valence-corrected chi connectivity index (χ2v) is 8.54. The molecule has 1 aliphatic carbocycles. The van der Waals surface area contributed by atoms with Gasteiger partial charge in [0.15, 0.2) is 0 Å². The van der Waals surface area contributed by atoms with Crippen LogP contribution in [0.5, 0.6) is 0 Å². The van der Waals surface area contributed by atoms with Crippen LogP contribution in [-0.2, 0) is 4.79 Å². The zero-order valence-corrected chi connectivity index (χ0v) is 17.7. The van der Waals surface area contributed by atoms with E-state index >= 15 is 0 Å². The Bertz CT molecular complexity index is 678. The van der Waals surface area contributed by atoms with E-state index in [4.69, 9.17) is 0 Å². The van der Waals surface area contributed by atoms with Crippen LogP contribution in [-0.4, -0.2) is 61.9 Å². The van der Waals surface area contributed by atoms with Crippen molar-refractivity contribution >= 4 is 17.5 Å². The number of benzene rings is 1. The topological polar surface area (TPSA) is 43.9 Å². The number of nitrogens with zero attached hydrogens (tertiary/aromatic N) is 3. The number of piperidine rings is 1. The molecule has 2 fully saturated rings. The first-order valence-electron chi connectivity index (χ1n) is 10.9. The lowest BCUT2D eigenvalue weighted by Crippen LogP contribution is -2.41. The molecular formula is C23H35N3O2. The van der Waals surface area contributed by atoms with Crippen molar-refractivity contribution in [3.8, 4) is 0 Å². The summed E-state index contributed by atoms with van der Waals surface area (Å²) >= 11 is 0. The number of anilines is 1. The molecule has 0 N–H and O–H groups in total. The molecule has 1 saturated carbocycles. The molecule has 1 aromatic rings. The van der Waals surface area contributed by atoms with Crippen LogP contribution in [0.15, 0.2) is 24.3 Å². The van der Waals surface area contributed by atoms with Crippen LogP contribution in [0.1, 0.15) is 55.8 Å². The van der Waals surface area contributed by atoms with E-state index in [1.165, 1.54) is 12.8 Å². The summed E-state index contributed by atoms with van der Waals surface area (Å²) in [6.07, 6.45) is 6.54. The molecule has 5 nitrogen and oxygen atoms in total. The van der Waals surface area contributed by atoms with Gasteiger partial charge in [0.1, 0.15) is 0 Å². The Kier molecular flexibility index (Phi) is 7.11. The van der Waals surface area contributed by atoms with E-state index in [1.807, 2.05) is 29.2 Å². The van der Waals surface area contributed by atoms with Gasteiger partial charge in [-0.25, -0.2) is 0 Å². The van der Waals surface area contributed by atoms with Crippen LogP contribution in [0, 0.1) is 11.8 Å². The van der Waals surface area contributed by atoms with E-state index in [0.717, 1.165) is 57.5 Å². The van der Waals surface area contributed by atoms with Gasteiger partial charge in [-0.1, -0.05) is 25.5 Å². The number of amides is 2. The lowest BCUT2D eigenvalue weighted by molar-refractivity contribution is -0.119. The Labute approximate surface area is 169 Å². The molecule has 0 bridgehead atoms. The lowest BCUT2D eigenvalue weighted by atomic mass is 9.95. The van der Waals surface area contributed by atoms with Gasteiger partial charge < -0.3 is 14.7 Å². The summed E-state index contributed by atoms with van der Waals surface area (Å²) in [7, 11) is 4.00. The molecule has 0 radical (unpaired) electrons. The maximum atomic E-state index is 13.2. The third-order valence-electron chi connectivity index (χ3n) is 6.12. The Morgan fingerprint density at radius 1 is 1.07 bits per heavy atom. The summed E-state index contributed by atoms with van der Waals surface area (Å²) in [4.78, 5) is 31.7. The maximum Gasteiger partial charge on any atom is 0.255 e. The van der Waals surface area contributed by atoms with E-state index in [1.54, 1.807) is 11.9 Å². The molecule has 0 spiro atoms. The highest BCUT2D eigenvalue weighted by molar-refractivity contribution is 6.05. The Hall–Kier alpha value is -1.88. The SMILES string of the molecule is CCCCN(C)CC1CCN(C(=O)c2ccccc2N(C)C(=O)C2CC2)CC1. The molecule has 154 valence electrons. The van der Waals surface area contributed by atoms with Gasteiger partial charge in [0.05, 0.1) is 11.3 Å². The van der Waals surface area contributed by atoms with Crippen molar-refractivity contribution in [2.45, 2.75) is 45.4 Å². The summed E-state index contributed by atoms with van der Waals surface area (Å²) in [5.74, 6) is 1.01. The summed E-state index contributed by atoms with van der Waals surface area (Å²) in [6.45, 7) is 6.12. The van der Waals surface area contributed by atoms with Gasteiger partial charge in [-0.05, 0) is 63.7 Å². The number of carbonyl (C=O) groups is 2. The van der Waals surface area contributed by atoms with Crippen LogP contribution in [0.25, 0.3) is 0 Å². The summed E-state index contributed by atoms with van der Waals surface area (Å²) in [6, 6.07) is 7.55. The van der Waals surface area contributed by atoms with Gasteiger partial charge in [-0.3, -0.25) is 9.59 Å². The number of rotatable bonds is 8. The van der Waals surface area contributed by atoms with E-state index in [2.05, 4.69) is 18.9 Å². The van der Waals surface area contributed by atoms with Crippen LogP contribution < -0.4 is 4.90 Å². The average molecular weight is 386 g/mol.